The van der Waals surface area contributed by atoms with E-state index in [1.165, 1.54) is 19.3 Å². The van der Waals surface area contributed by atoms with Crippen LogP contribution in [0.15, 0.2) is 11.2 Å². The summed E-state index contributed by atoms with van der Waals surface area (Å²) in [5.41, 5.74) is 3.46. The number of nitrogens with zero attached hydrogens (tertiary/aromatic N) is 3. The second kappa shape index (κ2) is 6.43. The first kappa shape index (κ1) is 14.4. The summed E-state index contributed by atoms with van der Waals surface area (Å²) in [4.78, 5) is 8.91. The summed E-state index contributed by atoms with van der Waals surface area (Å²) < 4.78 is 0. The van der Waals surface area contributed by atoms with Gasteiger partial charge in [-0.25, -0.2) is 15.0 Å². The van der Waals surface area contributed by atoms with Crippen LogP contribution in [-0.4, -0.2) is 40.4 Å². The molecule has 2 heterocycles. The zero-order chi connectivity index (χ0) is 13.8. The van der Waals surface area contributed by atoms with Crippen molar-refractivity contribution < 1.29 is 0 Å². The van der Waals surface area contributed by atoms with Crippen LogP contribution in [0, 0.1) is 0 Å². The maximum absolute atomic E-state index is 4.52. The Labute approximate surface area is 119 Å². The number of hydrazine groups is 1. The summed E-state index contributed by atoms with van der Waals surface area (Å²) in [6, 6.07) is 3.03. The normalized spacial score (nSPS) is 24.2. The van der Waals surface area contributed by atoms with Crippen LogP contribution in [0.4, 0.5) is 11.6 Å². The van der Waals surface area contributed by atoms with E-state index in [-0.39, 0.29) is 0 Å². The number of thioether (sulfide) groups is 1. The van der Waals surface area contributed by atoms with E-state index in [1.807, 2.05) is 19.4 Å². The summed E-state index contributed by atoms with van der Waals surface area (Å²) in [7, 11) is 1.88. The minimum Gasteiger partial charge on any atom is -0.373 e. The van der Waals surface area contributed by atoms with Crippen LogP contribution in [0.2, 0.25) is 0 Å². The van der Waals surface area contributed by atoms with Crippen LogP contribution >= 0.6 is 11.8 Å². The van der Waals surface area contributed by atoms with Crippen molar-refractivity contribution in [1.29, 1.82) is 0 Å². The molecule has 2 N–H and O–H groups in total. The van der Waals surface area contributed by atoms with Gasteiger partial charge >= 0.3 is 0 Å². The Morgan fingerprint density at radius 2 is 1.84 bits per heavy atom. The minimum atomic E-state index is 0.537. The van der Waals surface area contributed by atoms with Crippen LogP contribution in [0.5, 0.6) is 0 Å². The summed E-state index contributed by atoms with van der Waals surface area (Å²) in [5, 5.41) is 6.18. The number of piperidine rings is 1. The molecule has 2 unspecified atom stereocenters. The highest BCUT2D eigenvalue weighted by molar-refractivity contribution is 7.98. The predicted molar refractivity (Wildman–Crippen MR) is 81.6 cm³/mol. The molecule has 0 aliphatic carbocycles. The smallest absolute Gasteiger partial charge is 0.191 e. The van der Waals surface area contributed by atoms with Gasteiger partial charge in [-0.1, -0.05) is 18.2 Å². The van der Waals surface area contributed by atoms with Gasteiger partial charge in [0.2, 0.25) is 0 Å². The number of anilines is 2. The Morgan fingerprint density at radius 3 is 2.42 bits per heavy atom. The van der Waals surface area contributed by atoms with E-state index < -0.39 is 0 Å². The highest BCUT2D eigenvalue weighted by Crippen LogP contribution is 2.24. The summed E-state index contributed by atoms with van der Waals surface area (Å²) in [6.07, 6.45) is 5.76. The molecule has 1 aliphatic heterocycles. The summed E-state index contributed by atoms with van der Waals surface area (Å²) in [6.45, 7) is 4.52. The molecule has 1 aromatic rings. The maximum atomic E-state index is 4.52. The van der Waals surface area contributed by atoms with Crippen molar-refractivity contribution in [2.75, 3.05) is 24.0 Å². The maximum Gasteiger partial charge on any atom is 0.191 e. The third-order valence-electron chi connectivity index (χ3n) is 3.58. The molecular formula is C13H23N5S. The van der Waals surface area contributed by atoms with Crippen molar-refractivity contribution in [2.45, 2.75) is 50.4 Å². The van der Waals surface area contributed by atoms with Crippen LogP contribution in [0.1, 0.15) is 33.1 Å². The standard InChI is InChI=1S/C13H23N5S/c1-9-6-5-7-10(2)18(9)17-12-8-11(14-3)15-13(16-12)19-4/h8-10H,5-7H2,1-4H3,(H2,14,15,16,17). The van der Waals surface area contributed by atoms with Crippen molar-refractivity contribution >= 4 is 23.4 Å². The Balaban J connectivity index is 2.17. The molecule has 106 valence electrons. The van der Waals surface area contributed by atoms with Crippen LogP contribution in [0.25, 0.3) is 0 Å². The SMILES string of the molecule is CNc1cc(NN2C(C)CCCC2C)nc(SC)n1. The van der Waals surface area contributed by atoms with Crippen LogP contribution < -0.4 is 10.7 Å². The van der Waals surface area contributed by atoms with Crippen molar-refractivity contribution in [3.63, 3.8) is 0 Å². The lowest BCUT2D eigenvalue weighted by atomic mass is 10.00. The fourth-order valence-corrected chi connectivity index (χ4v) is 2.85. The van der Waals surface area contributed by atoms with Crippen molar-refractivity contribution in [2.24, 2.45) is 0 Å². The number of rotatable bonds is 4. The van der Waals surface area contributed by atoms with Crippen molar-refractivity contribution in [3.05, 3.63) is 6.07 Å². The highest BCUT2D eigenvalue weighted by Gasteiger charge is 2.25. The first-order valence-corrected chi connectivity index (χ1v) is 8.02. The van der Waals surface area contributed by atoms with Gasteiger partial charge in [-0.2, -0.15) is 0 Å². The second-order valence-electron chi connectivity index (χ2n) is 5.02. The second-order valence-corrected chi connectivity index (χ2v) is 5.80. The molecule has 1 fully saturated rings. The molecular weight excluding hydrogens is 258 g/mol. The lowest BCUT2D eigenvalue weighted by Crippen LogP contribution is -2.47. The van der Waals surface area contributed by atoms with Gasteiger partial charge in [-0.05, 0) is 32.9 Å². The molecule has 2 atom stereocenters. The molecule has 1 aliphatic rings. The topological polar surface area (TPSA) is 53.1 Å². The Hall–Kier alpha value is -1.01. The lowest BCUT2D eigenvalue weighted by Gasteiger charge is -2.39. The molecule has 0 bridgehead atoms. The number of nitrogens with one attached hydrogen (secondary N) is 2. The van der Waals surface area contributed by atoms with E-state index in [9.17, 15) is 0 Å². The van der Waals surface area contributed by atoms with Crippen molar-refractivity contribution in [1.82, 2.24) is 15.0 Å². The van der Waals surface area contributed by atoms with Crippen LogP contribution in [-0.2, 0) is 0 Å². The zero-order valence-electron chi connectivity index (χ0n) is 12.1. The third-order valence-corrected chi connectivity index (χ3v) is 4.13. The van der Waals surface area contributed by atoms with E-state index in [4.69, 9.17) is 0 Å². The summed E-state index contributed by atoms with van der Waals surface area (Å²) >= 11 is 1.56. The van der Waals surface area contributed by atoms with E-state index in [1.54, 1.807) is 11.8 Å². The van der Waals surface area contributed by atoms with Gasteiger partial charge in [0.05, 0.1) is 0 Å². The van der Waals surface area contributed by atoms with Gasteiger partial charge in [0.25, 0.3) is 0 Å². The Bertz CT molecular complexity index is 393. The van der Waals surface area contributed by atoms with E-state index >= 15 is 0 Å². The number of hydrogen-bond donors (Lipinski definition) is 2. The molecule has 5 nitrogen and oxygen atoms in total. The lowest BCUT2D eigenvalue weighted by molar-refractivity contribution is 0.135. The molecule has 0 saturated carbocycles. The number of aromatic nitrogens is 2. The van der Waals surface area contributed by atoms with Crippen molar-refractivity contribution in [3.8, 4) is 0 Å². The first-order chi connectivity index (χ1) is 9.13. The third kappa shape index (κ3) is 3.51. The predicted octanol–water partition coefficient (Wildman–Crippen LogP) is 2.83. The minimum absolute atomic E-state index is 0.537. The molecule has 19 heavy (non-hydrogen) atoms. The first-order valence-electron chi connectivity index (χ1n) is 6.80. The van der Waals surface area contributed by atoms with E-state index in [2.05, 4.69) is 39.6 Å². The fraction of sp³-hybridized carbons (Fsp3) is 0.692. The number of hydrogen-bond acceptors (Lipinski definition) is 6. The average Bonchev–Trinajstić information content (AvgIpc) is 2.42. The van der Waals surface area contributed by atoms with Gasteiger partial charge in [0.15, 0.2) is 5.16 Å². The molecule has 0 amide bonds. The highest BCUT2D eigenvalue weighted by atomic mass is 32.2. The Kier molecular flexibility index (Phi) is 4.87. The molecule has 0 aromatic carbocycles. The monoisotopic (exact) mass is 281 g/mol. The molecule has 1 saturated heterocycles. The quantitative estimate of drug-likeness (QED) is 0.654. The molecule has 2 rings (SSSR count). The van der Waals surface area contributed by atoms with Crippen LogP contribution in [0.3, 0.4) is 0 Å². The van der Waals surface area contributed by atoms with Gasteiger partial charge in [-0.15, -0.1) is 0 Å². The van der Waals surface area contributed by atoms with Gasteiger partial charge in [0.1, 0.15) is 11.6 Å². The molecule has 0 spiro atoms. The summed E-state index contributed by atoms with van der Waals surface area (Å²) in [5.74, 6) is 1.71. The Morgan fingerprint density at radius 1 is 1.21 bits per heavy atom. The van der Waals surface area contributed by atoms with Gasteiger partial charge in [-0.3, -0.25) is 0 Å². The van der Waals surface area contributed by atoms with E-state index in [0.29, 0.717) is 12.1 Å². The average molecular weight is 281 g/mol. The van der Waals surface area contributed by atoms with E-state index in [0.717, 1.165) is 16.8 Å². The van der Waals surface area contributed by atoms with Gasteiger partial charge in [0, 0.05) is 25.2 Å². The molecule has 6 heteroatoms. The largest absolute Gasteiger partial charge is 0.373 e. The molecule has 1 aromatic heterocycles. The van der Waals surface area contributed by atoms with Gasteiger partial charge < -0.3 is 10.7 Å². The fourth-order valence-electron chi connectivity index (χ4n) is 2.48. The zero-order valence-corrected chi connectivity index (χ0v) is 12.9. The molecule has 0 radical (unpaired) electrons.